The number of carbonyl (C=O) groups excluding carboxylic acids is 1. The number of amides is 1. The number of fused-ring (bicyclic) bond motifs is 1. The van der Waals surface area contributed by atoms with Crippen molar-refractivity contribution in [2.45, 2.75) is 26.1 Å². The molecule has 1 aromatic carbocycles. The van der Waals surface area contributed by atoms with Gasteiger partial charge in [-0.15, -0.1) is 0 Å². The van der Waals surface area contributed by atoms with Gasteiger partial charge in [-0.1, -0.05) is 13.0 Å². The van der Waals surface area contributed by atoms with Crippen LogP contribution in [0.15, 0.2) is 18.2 Å². The molecule has 1 amide bonds. The van der Waals surface area contributed by atoms with Gasteiger partial charge in [0.05, 0.1) is 12.3 Å². The highest BCUT2D eigenvalue weighted by molar-refractivity contribution is 5.97. The highest BCUT2D eigenvalue weighted by atomic mass is 16.5. The molecule has 0 fully saturated rings. The number of hydrogen-bond acceptors (Lipinski definition) is 3. The minimum atomic E-state index is -0.374. The number of carbonyl (C=O) groups is 1. The van der Waals surface area contributed by atoms with Gasteiger partial charge in [0.1, 0.15) is 5.75 Å². The Morgan fingerprint density at radius 2 is 2.31 bits per heavy atom. The van der Waals surface area contributed by atoms with Gasteiger partial charge in [0.2, 0.25) is 0 Å². The lowest BCUT2D eigenvalue weighted by Gasteiger charge is -2.25. The third-order valence-electron chi connectivity index (χ3n) is 2.55. The van der Waals surface area contributed by atoms with Gasteiger partial charge >= 0.3 is 0 Å². The molecule has 0 saturated carbocycles. The predicted molar refractivity (Wildman–Crippen MR) is 60.5 cm³/mol. The Morgan fingerprint density at radius 3 is 3.00 bits per heavy atom. The van der Waals surface area contributed by atoms with E-state index in [1.807, 2.05) is 25.1 Å². The number of anilines is 1. The molecule has 4 heteroatoms. The summed E-state index contributed by atoms with van der Waals surface area (Å²) in [5, 5.41) is 2.84. The largest absolute Gasteiger partial charge is 0.478 e. The van der Waals surface area contributed by atoms with Crippen LogP contribution in [0.1, 0.15) is 18.9 Å². The maximum Gasteiger partial charge on any atom is 0.265 e. The first-order valence-electron chi connectivity index (χ1n) is 5.34. The SMILES string of the molecule is CCC1Oc2ccc(COC)cc2NC1=O. The first-order valence-corrected chi connectivity index (χ1v) is 5.34. The minimum Gasteiger partial charge on any atom is -0.478 e. The Balaban J connectivity index is 2.25. The molecule has 4 nitrogen and oxygen atoms in total. The number of ether oxygens (including phenoxy) is 2. The van der Waals surface area contributed by atoms with Crippen LogP contribution in [0, 0.1) is 0 Å². The van der Waals surface area contributed by atoms with Gasteiger partial charge in [-0.25, -0.2) is 0 Å². The molecular weight excluding hydrogens is 206 g/mol. The van der Waals surface area contributed by atoms with Crippen molar-refractivity contribution in [2.75, 3.05) is 12.4 Å². The molecule has 1 unspecified atom stereocenters. The quantitative estimate of drug-likeness (QED) is 0.848. The Bertz CT molecular complexity index is 403. The van der Waals surface area contributed by atoms with Crippen molar-refractivity contribution in [3.8, 4) is 5.75 Å². The molecule has 0 bridgehead atoms. The predicted octanol–water partition coefficient (Wildman–Crippen LogP) is 1.94. The number of benzene rings is 1. The van der Waals surface area contributed by atoms with Crippen molar-refractivity contribution in [1.82, 2.24) is 0 Å². The van der Waals surface area contributed by atoms with Crippen LogP contribution in [-0.2, 0) is 16.1 Å². The molecule has 1 aliphatic rings. The smallest absolute Gasteiger partial charge is 0.265 e. The summed E-state index contributed by atoms with van der Waals surface area (Å²) in [4.78, 5) is 11.6. The molecule has 86 valence electrons. The Labute approximate surface area is 94.6 Å². The normalized spacial score (nSPS) is 18.6. The molecule has 1 aromatic rings. The Hall–Kier alpha value is -1.55. The maximum absolute atomic E-state index is 11.6. The summed E-state index contributed by atoms with van der Waals surface area (Å²) < 4.78 is 10.6. The lowest BCUT2D eigenvalue weighted by Crippen LogP contribution is -2.36. The van der Waals surface area contributed by atoms with Crippen LogP contribution >= 0.6 is 0 Å². The first-order chi connectivity index (χ1) is 7.74. The summed E-state index contributed by atoms with van der Waals surface area (Å²) in [6.45, 7) is 2.45. The van der Waals surface area contributed by atoms with Crippen LogP contribution in [0.25, 0.3) is 0 Å². The topological polar surface area (TPSA) is 47.6 Å². The highest BCUT2D eigenvalue weighted by Gasteiger charge is 2.25. The van der Waals surface area contributed by atoms with E-state index in [4.69, 9.17) is 9.47 Å². The monoisotopic (exact) mass is 221 g/mol. The van der Waals surface area contributed by atoms with Gasteiger partial charge in [0.15, 0.2) is 6.10 Å². The van der Waals surface area contributed by atoms with Crippen LogP contribution in [0.4, 0.5) is 5.69 Å². The zero-order valence-corrected chi connectivity index (χ0v) is 9.45. The van der Waals surface area contributed by atoms with Crippen LogP contribution in [0.3, 0.4) is 0 Å². The summed E-state index contributed by atoms with van der Waals surface area (Å²) >= 11 is 0. The second-order valence-electron chi connectivity index (χ2n) is 3.77. The zero-order chi connectivity index (χ0) is 11.5. The van der Waals surface area contributed by atoms with Crippen molar-refractivity contribution in [1.29, 1.82) is 0 Å². The fraction of sp³-hybridized carbons (Fsp3) is 0.417. The second-order valence-corrected chi connectivity index (χ2v) is 3.77. The van der Waals surface area contributed by atoms with E-state index in [1.165, 1.54) is 0 Å². The van der Waals surface area contributed by atoms with Crippen molar-refractivity contribution in [2.24, 2.45) is 0 Å². The van der Waals surface area contributed by atoms with Crippen molar-refractivity contribution in [3.05, 3.63) is 23.8 Å². The van der Waals surface area contributed by atoms with E-state index >= 15 is 0 Å². The van der Waals surface area contributed by atoms with Gasteiger partial charge < -0.3 is 14.8 Å². The molecule has 1 atom stereocenters. The van der Waals surface area contributed by atoms with Crippen molar-refractivity contribution >= 4 is 11.6 Å². The minimum absolute atomic E-state index is 0.0791. The van der Waals surface area contributed by atoms with Crippen molar-refractivity contribution < 1.29 is 14.3 Å². The first kappa shape index (κ1) is 11.0. The van der Waals surface area contributed by atoms with E-state index in [0.29, 0.717) is 13.0 Å². The molecule has 1 heterocycles. The summed E-state index contributed by atoms with van der Waals surface area (Å²) in [7, 11) is 1.64. The number of methoxy groups -OCH3 is 1. The molecule has 0 aliphatic carbocycles. The molecule has 0 aromatic heterocycles. The highest BCUT2D eigenvalue weighted by Crippen LogP contribution is 2.31. The van der Waals surface area contributed by atoms with Crippen LogP contribution in [0.2, 0.25) is 0 Å². The fourth-order valence-corrected chi connectivity index (χ4v) is 1.72. The summed E-state index contributed by atoms with van der Waals surface area (Å²) in [5.74, 6) is 0.649. The fourth-order valence-electron chi connectivity index (χ4n) is 1.72. The Morgan fingerprint density at radius 1 is 1.50 bits per heavy atom. The molecule has 0 saturated heterocycles. The zero-order valence-electron chi connectivity index (χ0n) is 9.45. The van der Waals surface area contributed by atoms with Gasteiger partial charge in [-0.3, -0.25) is 4.79 Å². The van der Waals surface area contributed by atoms with E-state index in [9.17, 15) is 4.79 Å². The third-order valence-corrected chi connectivity index (χ3v) is 2.55. The van der Waals surface area contributed by atoms with Gasteiger partial charge in [0.25, 0.3) is 5.91 Å². The van der Waals surface area contributed by atoms with Gasteiger partial charge in [-0.05, 0) is 24.1 Å². The maximum atomic E-state index is 11.6. The lowest BCUT2D eigenvalue weighted by molar-refractivity contribution is -0.123. The van der Waals surface area contributed by atoms with Crippen LogP contribution in [-0.4, -0.2) is 19.1 Å². The van der Waals surface area contributed by atoms with E-state index < -0.39 is 0 Å². The van der Waals surface area contributed by atoms with Gasteiger partial charge in [0, 0.05) is 7.11 Å². The molecule has 0 radical (unpaired) electrons. The molecule has 1 N–H and O–H groups in total. The standard InChI is InChI=1S/C12H15NO3/c1-3-10-12(14)13-9-6-8(7-15-2)4-5-11(9)16-10/h4-6,10H,3,7H2,1-2H3,(H,13,14). The second kappa shape index (κ2) is 4.53. The van der Waals surface area contributed by atoms with Crippen molar-refractivity contribution in [3.63, 3.8) is 0 Å². The van der Waals surface area contributed by atoms with E-state index in [2.05, 4.69) is 5.32 Å². The third kappa shape index (κ3) is 2.02. The summed E-state index contributed by atoms with van der Waals surface area (Å²) in [6, 6.07) is 5.68. The molecule has 0 spiro atoms. The van der Waals surface area contributed by atoms with Crippen LogP contribution in [0.5, 0.6) is 5.75 Å². The van der Waals surface area contributed by atoms with Gasteiger partial charge in [-0.2, -0.15) is 0 Å². The summed E-state index contributed by atoms with van der Waals surface area (Å²) in [6.07, 6.45) is 0.297. The lowest BCUT2D eigenvalue weighted by atomic mass is 10.1. The number of nitrogens with one attached hydrogen (secondary N) is 1. The molecule has 2 rings (SSSR count). The average Bonchev–Trinajstić information content (AvgIpc) is 2.28. The van der Waals surface area contributed by atoms with E-state index in [0.717, 1.165) is 17.0 Å². The van der Waals surface area contributed by atoms with E-state index in [-0.39, 0.29) is 12.0 Å². The molecule has 1 aliphatic heterocycles. The number of rotatable bonds is 3. The Kier molecular flexibility index (Phi) is 3.10. The molecular formula is C12H15NO3. The van der Waals surface area contributed by atoms with Crippen LogP contribution < -0.4 is 10.1 Å². The number of hydrogen-bond donors (Lipinski definition) is 1. The molecule has 16 heavy (non-hydrogen) atoms. The average molecular weight is 221 g/mol. The van der Waals surface area contributed by atoms with E-state index in [1.54, 1.807) is 7.11 Å². The summed E-state index contributed by atoms with van der Waals surface area (Å²) in [5.41, 5.74) is 1.74.